The SMILES string of the molecule is Cn1cc(C(=O)N2CCCCCC2)cc(NC(=O)c2ccccc2I)c1=O. The first-order valence-electron chi connectivity index (χ1n) is 9.03. The predicted molar refractivity (Wildman–Crippen MR) is 113 cm³/mol. The molecule has 2 heterocycles. The fourth-order valence-electron chi connectivity index (χ4n) is 3.21. The normalized spacial score (nSPS) is 14.5. The molecule has 7 heteroatoms. The van der Waals surface area contributed by atoms with Crippen LogP contribution < -0.4 is 10.9 Å². The van der Waals surface area contributed by atoms with Crippen molar-refractivity contribution >= 4 is 40.1 Å². The zero-order valence-corrected chi connectivity index (χ0v) is 17.4. The molecule has 1 N–H and O–H groups in total. The number of likely N-dealkylation sites (tertiary alicyclic amines) is 1. The maximum Gasteiger partial charge on any atom is 0.274 e. The summed E-state index contributed by atoms with van der Waals surface area (Å²) in [4.78, 5) is 39.7. The van der Waals surface area contributed by atoms with Gasteiger partial charge in [0.15, 0.2) is 0 Å². The third kappa shape index (κ3) is 4.58. The van der Waals surface area contributed by atoms with Gasteiger partial charge in [-0.05, 0) is 53.6 Å². The van der Waals surface area contributed by atoms with Gasteiger partial charge in [-0.2, -0.15) is 0 Å². The van der Waals surface area contributed by atoms with Crippen LogP contribution in [0.1, 0.15) is 46.4 Å². The zero-order valence-electron chi connectivity index (χ0n) is 15.2. The van der Waals surface area contributed by atoms with Crippen LogP contribution in [0.3, 0.4) is 0 Å². The van der Waals surface area contributed by atoms with Crippen molar-refractivity contribution in [1.29, 1.82) is 0 Å². The third-order valence-electron chi connectivity index (χ3n) is 4.69. The van der Waals surface area contributed by atoms with E-state index in [2.05, 4.69) is 27.9 Å². The van der Waals surface area contributed by atoms with E-state index in [9.17, 15) is 14.4 Å². The van der Waals surface area contributed by atoms with E-state index in [-0.39, 0.29) is 23.1 Å². The summed E-state index contributed by atoms with van der Waals surface area (Å²) in [5.41, 5.74) is 0.672. The van der Waals surface area contributed by atoms with Crippen molar-refractivity contribution in [2.75, 3.05) is 18.4 Å². The van der Waals surface area contributed by atoms with Crippen LogP contribution >= 0.6 is 22.6 Å². The monoisotopic (exact) mass is 479 g/mol. The number of aromatic nitrogens is 1. The smallest absolute Gasteiger partial charge is 0.274 e. The Morgan fingerprint density at radius 3 is 2.41 bits per heavy atom. The van der Waals surface area contributed by atoms with E-state index in [1.165, 1.54) is 16.8 Å². The maximum absolute atomic E-state index is 12.9. The lowest BCUT2D eigenvalue weighted by molar-refractivity contribution is 0.0760. The van der Waals surface area contributed by atoms with Crippen LogP contribution in [0.2, 0.25) is 0 Å². The Labute approximate surface area is 171 Å². The number of benzene rings is 1. The lowest BCUT2D eigenvalue weighted by Crippen LogP contribution is -2.33. The van der Waals surface area contributed by atoms with E-state index in [4.69, 9.17) is 0 Å². The van der Waals surface area contributed by atoms with E-state index in [1.54, 1.807) is 19.2 Å². The van der Waals surface area contributed by atoms with Crippen LogP contribution in [0.5, 0.6) is 0 Å². The summed E-state index contributed by atoms with van der Waals surface area (Å²) in [5.74, 6) is -0.464. The molecule has 0 saturated carbocycles. The molecule has 1 aliphatic rings. The second kappa shape index (κ2) is 8.69. The molecule has 0 bridgehead atoms. The summed E-state index contributed by atoms with van der Waals surface area (Å²) in [6.07, 6.45) is 5.79. The van der Waals surface area contributed by atoms with Gasteiger partial charge < -0.3 is 14.8 Å². The largest absolute Gasteiger partial charge is 0.339 e. The molecule has 0 radical (unpaired) electrons. The molecule has 3 rings (SSSR count). The molecule has 0 atom stereocenters. The van der Waals surface area contributed by atoms with Crippen molar-refractivity contribution in [3.63, 3.8) is 0 Å². The number of anilines is 1. The zero-order chi connectivity index (χ0) is 19.4. The van der Waals surface area contributed by atoms with E-state index in [0.717, 1.165) is 42.3 Å². The van der Waals surface area contributed by atoms with Crippen molar-refractivity contribution in [3.8, 4) is 0 Å². The highest BCUT2D eigenvalue weighted by Gasteiger charge is 2.20. The summed E-state index contributed by atoms with van der Waals surface area (Å²) < 4.78 is 2.14. The molecule has 1 fully saturated rings. The highest BCUT2D eigenvalue weighted by Crippen LogP contribution is 2.16. The highest BCUT2D eigenvalue weighted by molar-refractivity contribution is 14.1. The molecule has 0 unspecified atom stereocenters. The van der Waals surface area contributed by atoms with Gasteiger partial charge in [0, 0.05) is 29.9 Å². The van der Waals surface area contributed by atoms with Gasteiger partial charge in [0.1, 0.15) is 5.69 Å². The van der Waals surface area contributed by atoms with Crippen LogP contribution in [0.15, 0.2) is 41.3 Å². The van der Waals surface area contributed by atoms with E-state index < -0.39 is 0 Å². The first kappa shape index (κ1) is 19.6. The highest BCUT2D eigenvalue weighted by atomic mass is 127. The number of carbonyl (C=O) groups is 2. The Balaban J connectivity index is 1.88. The molecule has 1 aliphatic heterocycles. The Morgan fingerprint density at radius 1 is 1.07 bits per heavy atom. The summed E-state index contributed by atoms with van der Waals surface area (Å²) in [6, 6.07) is 8.64. The van der Waals surface area contributed by atoms with Crippen LogP contribution in [-0.2, 0) is 7.05 Å². The molecule has 1 saturated heterocycles. The summed E-state index contributed by atoms with van der Waals surface area (Å²) in [7, 11) is 1.59. The Kier molecular flexibility index (Phi) is 6.30. The number of aryl methyl sites for hydroxylation is 1. The molecule has 2 aromatic rings. The molecule has 1 aromatic carbocycles. The number of halogens is 1. The molecule has 142 valence electrons. The van der Waals surface area contributed by atoms with Gasteiger partial charge >= 0.3 is 0 Å². The second-order valence-corrected chi connectivity index (χ2v) is 7.86. The third-order valence-corrected chi connectivity index (χ3v) is 5.63. The van der Waals surface area contributed by atoms with Gasteiger partial charge in [-0.1, -0.05) is 25.0 Å². The first-order valence-corrected chi connectivity index (χ1v) is 10.1. The number of carbonyl (C=O) groups excluding carboxylic acids is 2. The van der Waals surface area contributed by atoms with E-state index >= 15 is 0 Å². The average molecular weight is 479 g/mol. The Hall–Kier alpha value is -2.16. The van der Waals surface area contributed by atoms with Crippen LogP contribution in [0.25, 0.3) is 0 Å². The van der Waals surface area contributed by atoms with Gasteiger partial charge in [-0.25, -0.2) is 0 Å². The minimum absolute atomic E-state index is 0.0997. The van der Waals surface area contributed by atoms with Gasteiger partial charge in [0.25, 0.3) is 17.4 Å². The molecule has 0 spiro atoms. The number of nitrogens with zero attached hydrogens (tertiary/aromatic N) is 2. The van der Waals surface area contributed by atoms with E-state index in [0.29, 0.717) is 11.1 Å². The molecule has 1 aromatic heterocycles. The standard InChI is InChI=1S/C20H22IN3O3/c1-23-13-14(19(26)24-10-6-2-3-7-11-24)12-17(20(23)27)22-18(25)15-8-4-5-9-16(15)21/h4-5,8-9,12-13H,2-3,6-7,10-11H2,1H3,(H,22,25). The molecular weight excluding hydrogens is 457 g/mol. The van der Waals surface area contributed by atoms with Crippen molar-refractivity contribution < 1.29 is 9.59 Å². The van der Waals surface area contributed by atoms with Gasteiger partial charge in [-0.3, -0.25) is 14.4 Å². The summed E-state index contributed by atoms with van der Waals surface area (Å²) >= 11 is 2.08. The van der Waals surface area contributed by atoms with Crippen molar-refractivity contribution in [2.24, 2.45) is 7.05 Å². The van der Waals surface area contributed by atoms with Gasteiger partial charge in [0.2, 0.25) is 0 Å². The molecule has 2 amide bonds. The van der Waals surface area contributed by atoms with Crippen molar-refractivity contribution in [1.82, 2.24) is 9.47 Å². The van der Waals surface area contributed by atoms with Gasteiger partial charge in [-0.15, -0.1) is 0 Å². The van der Waals surface area contributed by atoms with Gasteiger partial charge in [0.05, 0.1) is 11.1 Å². The number of pyridine rings is 1. The molecular formula is C20H22IN3O3. The molecule has 6 nitrogen and oxygen atoms in total. The van der Waals surface area contributed by atoms with Crippen LogP contribution in [0.4, 0.5) is 5.69 Å². The predicted octanol–water partition coefficient (Wildman–Crippen LogP) is 3.26. The maximum atomic E-state index is 12.9. The Morgan fingerprint density at radius 2 is 1.74 bits per heavy atom. The minimum atomic E-state index is -0.364. The average Bonchev–Trinajstić information content (AvgIpc) is 2.94. The first-order chi connectivity index (χ1) is 13.0. The van der Waals surface area contributed by atoms with E-state index in [1.807, 2.05) is 17.0 Å². The Bertz CT molecular complexity index is 915. The topological polar surface area (TPSA) is 71.4 Å². The quantitative estimate of drug-likeness (QED) is 0.688. The van der Waals surface area contributed by atoms with Crippen molar-refractivity contribution in [3.05, 3.63) is 61.6 Å². The fraction of sp³-hybridized carbons (Fsp3) is 0.350. The van der Waals surface area contributed by atoms with Crippen LogP contribution in [0, 0.1) is 3.57 Å². The van der Waals surface area contributed by atoms with Crippen molar-refractivity contribution in [2.45, 2.75) is 25.7 Å². The summed E-state index contributed by atoms with van der Waals surface area (Å²) in [6.45, 7) is 1.46. The number of amides is 2. The molecule has 27 heavy (non-hydrogen) atoms. The number of hydrogen-bond donors (Lipinski definition) is 1. The lowest BCUT2D eigenvalue weighted by Gasteiger charge is -2.21. The second-order valence-electron chi connectivity index (χ2n) is 6.70. The summed E-state index contributed by atoms with van der Waals surface area (Å²) in [5, 5.41) is 2.67. The number of nitrogens with one attached hydrogen (secondary N) is 1. The van der Waals surface area contributed by atoms with Crippen LogP contribution in [-0.4, -0.2) is 34.4 Å². The fourth-order valence-corrected chi connectivity index (χ4v) is 3.84. The minimum Gasteiger partial charge on any atom is -0.339 e. The molecule has 0 aliphatic carbocycles. The number of rotatable bonds is 3. The number of hydrogen-bond acceptors (Lipinski definition) is 3. The lowest BCUT2D eigenvalue weighted by atomic mass is 10.2.